The van der Waals surface area contributed by atoms with E-state index in [0.717, 1.165) is 6.42 Å². The van der Waals surface area contributed by atoms with Gasteiger partial charge in [0.2, 0.25) is 11.9 Å². The molecular formula is C12H17N5OS2. The van der Waals surface area contributed by atoms with E-state index in [1.807, 2.05) is 18.4 Å². The molecule has 6 nitrogen and oxygen atoms in total. The lowest BCUT2D eigenvalue weighted by atomic mass is 10.3. The number of nitrogen functional groups attached to an aromatic ring is 1. The van der Waals surface area contributed by atoms with Gasteiger partial charge in [-0.1, -0.05) is 17.8 Å². The summed E-state index contributed by atoms with van der Waals surface area (Å²) in [5.41, 5.74) is 5.60. The third kappa shape index (κ3) is 3.73. The molecule has 0 aliphatic carbocycles. The molecule has 2 rings (SSSR count). The third-order valence-electron chi connectivity index (χ3n) is 2.77. The van der Waals surface area contributed by atoms with Gasteiger partial charge in [0.1, 0.15) is 0 Å². The van der Waals surface area contributed by atoms with Crippen LogP contribution in [0.5, 0.6) is 0 Å². The Bertz CT molecular complexity index is 566. The molecule has 8 heteroatoms. The van der Waals surface area contributed by atoms with Gasteiger partial charge >= 0.3 is 0 Å². The van der Waals surface area contributed by atoms with Gasteiger partial charge in [-0.3, -0.25) is 9.36 Å². The lowest BCUT2D eigenvalue weighted by Gasteiger charge is -2.11. The van der Waals surface area contributed by atoms with Crippen molar-refractivity contribution in [3.63, 3.8) is 0 Å². The number of carbonyl (C=O) groups is 1. The molecule has 20 heavy (non-hydrogen) atoms. The first-order valence-electron chi connectivity index (χ1n) is 6.19. The van der Waals surface area contributed by atoms with Crippen molar-refractivity contribution in [3.8, 4) is 0 Å². The van der Waals surface area contributed by atoms with Crippen LogP contribution in [-0.2, 0) is 18.3 Å². The van der Waals surface area contributed by atoms with Gasteiger partial charge in [-0.05, 0) is 24.8 Å². The molecule has 2 aromatic heterocycles. The van der Waals surface area contributed by atoms with E-state index < -0.39 is 0 Å². The topological polar surface area (TPSA) is 85.8 Å². The summed E-state index contributed by atoms with van der Waals surface area (Å²) in [6.07, 6.45) is 0.859. The van der Waals surface area contributed by atoms with Gasteiger partial charge in [-0.2, -0.15) is 0 Å². The van der Waals surface area contributed by atoms with Crippen LogP contribution in [0.1, 0.15) is 11.8 Å². The number of nitrogens with one attached hydrogen (secondary N) is 1. The summed E-state index contributed by atoms with van der Waals surface area (Å²) in [5.74, 6) is 0.339. The Kier molecular flexibility index (Phi) is 5.02. The largest absolute Gasteiger partial charge is 0.368 e. The third-order valence-corrected chi connectivity index (χ3v) is 4.84. The van der Waals surface area contributed by atoms with Crippen LogP contribution in [0.25, 0.3) is 0 Å². The quantitative estimate of drug-likeness (QED) is 0.785. The summed E-state index contributed by atoms with van der Waals surface area (Å²) < 4.78 is 1.67. The second kappa shape index (κ2) is 6.76. The minimum atomic E-state index is -0.236. The zero-order chi connectivity index (χ0) is 14.5. The summed E-state index contributed by atoms with van der Waals surface area (Å²) in [4.78, 5) is 13.2. The van der Waals surface area contributed by atoms with Gasteiger partial charge in [0.15, 0.2) is 5.16 Å². The van der Waals surface area contributed by atoms with Crippen molar-refractivity contribution in [2.75, 3.05) is 12.3 Å². The van der Waals surface area contributed by atoms with Crippen molar-refractivity contribution in [3.05, 3.63) is 22.4 Å². The number of thioether (sulfide) groups is 1. The SMILES string of the molecule is C[C@H](Sc1nnc(N)n1C)C(=O)NCCc1cccs1. The lowest BCUT2D eigenvalue weighted by molar-refractivity contribution is -0.120. The van der Waals surface area contributed by atoms with E-state index in [1.54, 1.807) is 23.0 Å². The first kappa shape index (κ1) is 14.9. The molecule has 1 atom stereocenters. The number of hydrogen-bond donors (Lipinski definition) is 2. The van der Waals surface area contributed by atoms with Crippen molar-refractivity contribution in [1.82, 2.24) is 20.1 Å². The average Bonchev–Trinajstić information content (AvgIpc) is 3.04. The zero-order valence-electron chi connectivity index (χ0n) is 11.4. The second-order valence-corrected chi connectivity index (χ2v) is 6.62. The molecular weight excluding hydrogens is 294 g/mol. The number of hydrogen-bond acceptors (Lipinski definition) is 6. The van der Waals surface area contributed by atoms with Crippen molar-refractivity contribution >= 4 is 35.0 Å². The maximum absolute atomic E-state index is 12.0. The first-order valence-corrected chi connectivity index (χ1v) is 7.95. The molecule has 0 saturated heterocycles. The predicted molar refractivity (Wildman–Crippen MR) is 81.8 cm³/mol. The van der Waals surface area contributed by atoms with Crippen LogP contribution < -0.4 is 11.1 Å². The summed E-state index contributed by atoms with van der Waals surface area (Å²) in [6, 6.07) is 4.08. The van der Waals surface area contributed by atoms with E-state index in [-0.39, 0.29) is 11.2 Å². The van der Waals surface area contributed by atoms with Crippen LogP contribution in [0, 0.1) is 0 Å². The van der Waals surface area contributed by atoms with E-state index in [4.69, 9.17) is 5.73 Å². The molecule has 0 spiro atoms. The highest BCUT2D eigenvalue weighted by Gasteiger charge is 2.17. The number of nitrogens with zero attached hydrogens (tertiary/aromatic N) is 3. The first-order chi connectivity index (χ1) is 9.58. The number of aromatic nitrogens is 3. The molecule has 2 aromatic rings. The Balaban J connectivity index is 1.78. The molecule has 3 N–H and O–H groups in total. The molecule has 0 fully saturated rings. The number of rotatable bonds is 6. The number of thiophene rings is 1. The molecule has 0 radical (unpaired) electrons. The van der Waals surface area contributed by atoms with Crippen LogP contribution >= 0.6 is 23.1 Å². The van der Waals surface area contributed by atoms with Crippen molar-refractivity contribution in [1.29, 1.82) is 0 Å². The fourth-order valence-corrected chi connectivity index (χ4v) is 3.10. The smallest absolute Gasteiger partial charge is 0.233 e. The highest BCUT2D eigenvalue weighted by Crippen LogP contribution is 2.21. The molecule has 108 valence electrons. The molecule has 0 aromatic carbocycles. The molecule has 0 saturated carbocycles. The van der Waals surface area contributed by atoms with E-state index >= 15 is 0 Å². The number of nitrogens with two attached hydrogens (primary N) is 1. The van der Waals surface area contributed by atoms with Crippen LogP contribution in [0.3, 0.4) is 0 Å². The highest BCUT2D eigenvalue weighted by molar-refractivity contribution is 8.00. The second-order valence-electron chi connectivity index (χ2n) is 4.28. The highest BCUT2D eigenvalue weighted by atomic mass is 32.2. The Hall–Kier alpha value is -1.54. The normalized spacial score (nSPS) is 12.3. The van der Waals surface area contributed by atoms with Crippen molar-refractivity contribution < 1.29 is 4.79 Å². The van der Waals surface area contributed by atoms with E-state index in [0.29, 0.717) is 17.6 Å². The number of anilines is 1. The monoisotopic (exact) mass is 311 g/mol. The number of amides is 1. The minimum absolute atomic E-state index is 0.00636. The Morgan fingerprint density at radius 1 is 1.60 bits per heavy atom. The van der Waals surface area contributed by atoms with Crippen molar-refractivity contribution in [2.45, 2.75) is 23.8 Å². The van der Waals surface area contributed by atoms with E-state index in [1.165, 1.54) is 16.6 Å². The standard InChI is InChI=1S/C12H17N5OS2/c1-8(20-12-16-15-11(13)17(12)2)10(18)14-6-5-9-4-3-7-19-9/h3-4,7-8H,5-6H2,1-2H3,(H2,13,15)(H,14,18)/t8-/m0/s1. The molecule has 0 aliphatic rings. The maximum Gasteiger partial charge on any atom is 0.233 e. The van der Waals surface area contributed by atoms with Gasteiger partial charge < -0.3 is 11.1 Å². The summed E-state index contributed by atoms with van der Waals surface area (Å²) >= 11 is 3.05. The Labute approximate surface area is 125 Å². The predicted octanol–water partition coefficient (Wildman–Crippen LogP) is 1.30. The fourth-order valence-electron chi connectivity index (χ4n) is 1.55. The van der Waals surface area contributed by atoms with Crippen LogP contribution in [0.4, 0.5) is 5.95 Å². The number of carbonyl (C=O) groups excluding carboxylic acids is 1. The van der Waals surface area contributed by atoms with Crippen LogP contribution in [0.2, 0.25) is 0 Å². The minimum Gasteiger partial charge on any atom is -0.368 e. The fraction of sp³-hybridized carbons (Fsp3) is 0.417. The molecule has 2 heterocycles. The van der Waals surface area contributed by atoms with E-state index in [2.05, 4.69) is 21.6 Å². The van der Waals surface area contributed by atoms with Gasteiger partial charge in [0.05, 0.1) is 5.25 Å². The van der Waals surface area contributed by atoms with Gasteiger partial charge in [0.25, 0.3) is 0 Å². The van der Waals surface area contributed by atoms with Crippen LogP contribution in [-0.4, -0.2) is 32.5 Å². The van der Waals surface area contributed by atoms with Gasteiger partial charge in [-0.15, -0.1) is 21.5 Å². The maximum atomic E-state index is 12.0. The molecule has 0 aliphatic heterocycles. The Morgan fingerprint density at radius 3 is 3.00 bits per heavy atom. The average molecular weight is 311 g/mol. The molecule has 0 unspecified atom stereocenters. The van der Waals surface area contributed by atoms with Crippen molar-refractivity contribution in [2.24, 2.45) is 7.05 Å². The molecule has 0 bridgehead atoms. The summed E-state index contributed by atoms with van der Waals surface area (Å²) in [6.45, 7) is 2.49. The Morgan fingerprint density at radius 2 is 2.40 bits per heavy atom. The van der Waals surface area contributed by atoms with Crippen LogP contribution in [0.15, 0.2) is 22.7 Å². The van der Waals surface area contributed by atoms with Gasteiger partial charge in [0, 0.05) is 18.5 Å². The van der Waals surface area contributed by atoms with E-state index in [9.17, 15) is 4.79 Å². The van der Waals surface area contributed by atoms with Gasteiger partial charge in [-0.25, -0.2) is 0 Å². The zero-order valence-corrected chi connectivity index (χ0v) is 13.0. The summed E-state index contributed by atoms with van der Waals surface area (Å²) in [5, 5.41) is 13.1. The summed E-state index contributed by atoms with van der Waals surface area (Å²) in [7, 11) is 1.78. The molecule has 1 amide bonds. The lowest BCUT2D eigenvalue weighted by Crippen LogP contribution is -2.32.